The number of aryl methyl sites for hydroxylation is 2. The van der Waals surface area contributed by atoms with E-state index in [0.29, 0.717) is 0 Å². The van der Waals surface area contributed by atoms with Crippen molar-refractivity contribution >= 4 is 18.1 Å². The van der Waals surface area contributed by atoms with Crippen LogP contribution in [-0.2, 0) is 20.1 Å². The quantitative estimate of drug-likeness (QED) is 0.909. The minimum absolute atomic E-state index is 0. The second kappa shape index (κ2) is 5.72. The van der Waals surface area contributed by atoms with Crippen LogP contribution in [0.5, 0.6) is 0 Å². The summed E-state index contributed by atoms with van der Waals surface area (Å²) in [5, 5.41) is 11.8. The summed E-state index contributed by atoms with van der Waals surface area (Å²) in [6, 6.07) is 2.03. The predicted octanol–water partition coefficient (Wildman–Crippen LogP) is 1.98. The standard InChI is InChI=1S/C11H17N5.ClH/c1-4-16-10(5-6-13-16)7-12-11-8-14-15(3)9(11)2;/h5-6,8,12H,4,7H2,1-3H3;1H. The maximum atomic E-state index is 4.23. The van der Waals surface area contributed by atoms with Crippen LogP contribution in [0.4, 0.5) is 5.69 Å². The predicted molar refractivity (Wildman–Crippen MR) is 70.4 cm³/mol. The Balaban J connectivity index is 0.00000144. The Bertz CT molecular complexity index is 474. The fourth-order valence-corrected chi connectivity index (χ4v) is 1.65. The van der Waals surface area contributed by atoms with Crippen LogP contribution in [0.1, 0.15) is 18.3 Å². The van der Waals surface area contributed by atoms with Gasteiger partial charge < -0.3 is 5.32 Å². The van der Waals surface area contributed by atoms with E-state index in [1.807, 2.05) is 41.8 Å². The van der Waals surface area contributed by atoms with E-state index in [9.17, 15) is 0 Å². The molecule has 6 heteroatoms. The molecule has 0 atom stereocenters. The molecule has 5 nitrogen and oxygen atoms in total. The lowest BCUT2D eigenvalue weighted by Crippen LogP contribution is -2.08. The first-order valence-corrected chi connectivity index (χ1v) is 5.45. The summed E-state index contributed by atoms with van der Waals surface area (Å²) in [5.41, 5.74) is 3.40. The number of nitrogens with zero attached hydrogens (tertiary/aromatic N) is 4. The fourth-order valence-electron chi connectivity index (χ4n) is 1.65. The number of halogens is 1. The van der Waals surface area contributed by atoms with Crippen LogP contribution in [0.25, 0.3) is 0 Å². The van der Waals surface area contributed by atoms with Crippen molar-refractivity contribution in [2.75, 3.05) is 5.32 Å². The van der Waals surface area contributed by atoms with Gasteiger partial charge in [0.2, 0.25) is 0 Å². The number of rotatable bonds is 4. The minimum Gasteiger partial charge on any atom is -0.377 e. The first kappa shape index (κ1) is 13.6. The van der Waals surface area contributed by atoms with Crippen molar-refractivity contribution in [3.05, 3.63) is 29.8 Å². The van der Waals surface area contributed by atoms with E-state index < -0.39 is 0 Å². The van der Waals surface area contributed by atoms with Crippen LogP contribution in [0.15, 0.2) is 18.5 Å². The summed E-state index contributed by atoms with van der Waals surface area (Å²) in [4.78, 5) is 0. The molecule has 0 unspecified atom stereocenters. The zero-order chi connectivity index (χ0) is 11.5. The van der Waals surface area contributed by atoms with Gasteiger partial charge in [0.25, 0.3) is 0 Å². The van der Waals surface area contributed by atoms with E-state index in [4.69, 9.17) is 0 Å². The average Bonchev–Trinajstić information content (AvgIpc) is 2.86. The normalized spacial score (nSPS) is 10.1. The number of hydrogen-bond acceptors (Lipinski definition) is 3. The fraction of sp³-hybridized carbons (Fsp3) is 0.455. The Kier molecular flexibility index (Phi) is 4.57. The SMILES string of the molecule is CCn1nccc1CNc1cnn(C)c1C.Cl. The topological polar surface area (TPSA) is 47.7 Å². The van der Waals surface area contributed by atoms with Crippen molar-refractivity contribution in [1.82, 2.24) is 19.6 Å². The van der Waals surface area contributed by atoms with Crippen LogP contribution >= 0.6 is 12.4 Å². The van der Waals surface area contributed by atoms with Crippen LogP contribution in [0, 0.1) is 6.92 Å². The molecule has 0 bridgehead atoms. The van der Waals surface area contributed by atoms with Crippen molar-refractivity contribution in [3.63, 3.8) is 0 Å². The lowest BCUT2D eigenvalue weighted by atomic mass is 10.3. The van der Waals surface area contributed by atoms with Gasteiger partial charge in [-0.25, -0.2) is 0 Å². The maximum Gasteiger partial charge on any atom is 0.0759 e. The zero-order valence-corrected chi connectivity index (χ0v) is 11.2. The summed E-state index contributed by atoms with van der Waals surface area (Å²) >= 11 is 0. The molecule has 0 saturated carbocycles. The highest BCUT2D eigenvalue weighted by atomic mass is 35.5. The van der Waals surface area contributed by atoms with Crippen LogP contribution < -0.4 is 5.32 Å². The zero-order valence-electron chi connectivity index (χ0n) is 10.3. The molecule has 0 radical (unpaired) electrons. The smallest absolute Gasteiger partial charge is 0.0759 e. The van der Waals surface area contributed by atoms with Gasteiger partial charge in [0, 0.05) is 19.8 Å². The molecule has 0 amide bonds. The van der Waals surface area contributed by atoms with Gasteiger partial charge >= 0.3 is 0 Å². The van der Waals surface area contributed by atoms with Gasteiger partial charge in [-0.3, -0.25) is 9.36 Å². The highest BCUT2D eigenvalue weighted by molar-refractivity contribution is 5.85. The molecule has 0 aromatic carbocycles. The Hall–Kier alpha value is -1.49. The minimum atomic E-state index is 0. The largest absolute Gasteiger partial charge is 0.377 e. The van der Waals surface area contributed by atoms with Crippen LogP contribution in [0.2, 0.25) is 0 Å². The highest BCUT2D eigenvalue weighted by Gasteiger charge is 2.04. The summed E-state index contributed by atoms with van der Waals surface area (Å²) < 4.78 is 3.85. The Morgan fingerprint density at radius 1 is 1.35 bits per heavy atom. The summed E-state index contributed by atoms with van der Waals surface area (Å²) in [6.07, 6.45) is 3.68. The van der Waals surface area contributed by atoms with Crippen molar-refractivity contribution in [2.24, 2.45) is 7.05 Å². The summed E-state index contributed by atoms with van der Waals surface area (Å²) in [6.45, 7) is 5.81. The number of hydrogen-bond donors (Lipinski definition) is 1. The van der Waals surface area contributed by atoms with Crippen molar-refractivity contribution < 1.29 is 0 Å². The number of anilines is 1. The molecule has 0 aliphatic rings. The molecular weight excluding hydrogens is 238 g/mol. The van der Waals surface area contributed by atoms with Crippen molar-refractivity contribution in [1.29, 1.82) is 0 Å². The molecular formula is C11H18ClN5. The molecule has 0 saturated heterocycles. The van der Waals surface area contributed by atoms with E-state index in [0.717, 1.165) is 24.5 Å². The molecule has 2 rings (SSSR count). The second-order valence-electron chi connectivity index (χ2n) is 3.76. The number of nitrogens with one attached hydrogen (secondary N) is 1. The van der Waals surface area contributed by atoms with E-state index >= 15 is 0 Å². The van der Waals surface area contributed by atoms with Gasteiger partial charge in [0.1, 0.15) is 0 Å². The van der Waals surface area contributed by atoms with Crippen LogP contribution in [0.3, 0.4) is 0 Å². The van der Waals surface area contributed by atoms with E-state index in [2.05, 4.69) is 22.4 Å². The molecule has 2 aromatic rings. The molecule has 0 fully saturated rings. The third kappa shape index (κ3) is 2.79. The third-order valence-corrected chi connectivity index (χ3v) is 2.80. The molecule has 2 heterocycles. The van der Waals surface area contributed by atoms with Gasteiger partial charge in [-0.1, -0.05) is 0 Å². The van der Waals surface area contributed by atoms with Crippen LogP contribution in [-0.4, -0.2) is 19.6 Å². The first-order chi connectivity index (χ1) is 7.72. The van der Waals surface area contributed by atoms with Gasteiger partial charge in [0.15, 0.2) is 0 Å². The van der Waals surface area contributed by atoms with Gasteiger partial charge in [-0.05, 0) is 19.9 Å². The van der Waals surface area contributed by atoms with Crippen molar-refractivity contribution in [2.45, 2.75) is 26.9 Å². The van der Waals surface area contributed by atoms with E-state index in [-0.39, 0.29) is 12.4 Å². The first-order valence-electron chi connectivity index (χ1n) is 5.45. The van der Waals surface area contributed by atoms with Gasteiger partial charge in [-0.15, -0.1) is 12.4 Å². The lowest BCUT2D eigenvalue weighted by Gasteiger charge is -2.07. The van der Waals surface area contributed by atoms with Crippen molar-refractivity contribution in [3.8, 4) is 0 Å². The third-order valence-electron chi connectivity index (χ3n) is 2.80. The second-order valence-corrected chi connectivity index (χ2v) is 3.76. The van der Waals surface area contributed by atoms with Gasteiger partial charge in [-0.2, -0.15) is 10.2 Å². The highest BCUT2D eigenvalue weighted by Crippen LogP contribution is 2.13. The molecule has 0 aliphatic heterocycles. The summed E-state index contributed by atoms with van der Waals surface area (Å²) in [7, 11) is 1.94. The molecule has 94 valence electrons. The Labute approximate surface area is 107 Å². The molecule has 2 aromatic heterocycles. The Morgan fingerprint density at radius 2 is 2.12 bits per heavy atom. The maximum absolute atomic E-state index is 4.23. The number of aromatic nitrogens is 4. The lowest BCUT2D eigenvalue weighted by molar-refractivity contribution is 0.627. The average molecular weight is 256 g/mol. The molecule has 1 N–H and O–H groups in total. The molecule has 17 heavy (non-hydrogen) atoms. The summed E-state index contributed by atoms with van der Waals surface area (Å²) in [5.74, 6) is 0. The Morgan fingerprint density at radius 3 is 2.71 bits per heavy atom. The molecule has 0 aliphatic carbocycles. The molecule has 0 spiro atoms. The van der Waals surface area contributed by atoms with Gasteiger partial charge in [0.05, 0.1) is 29.8 Å². The monoisotopic (exact) mass is 255 g/mol. The van der Waals surface area contributed by atoms with E-state index in [1.165, 1.54) is 5.69 Å². The van der Waals surface area contributed by atoms with E-state index in [1.54, 1.807) is 0 Å².